The molecule has 6 heteroatoms. The molecule has 0 radical (unpaired) electrons. The van der Waals surface area contributed by atoms with E-state index in [1.807, 2.05) is 18.2 Å². The Morgan fingerprint density at radius 3 is 2.41 bits per heavy atom. The first-order valence-corrected chi connectivity index (χ1v) is 6.54. The predicted molar refractivity (Wildman–Crippen MR) is 80.8 cm³/mol. The highest BCUT2D eigenvalue weighted by molar-refractivity contribution is 5.93. The first-order chi connectivity index (χ1) is 10.6. The van der Waals surface area contributed by atoms with Crippen LogP contribution in [0, 0.1) is 0 Å². The van der Waals surface area contributed by atoms with E-state index in [0.717, 1.165) is 0 Å². The van der Waals surface area contributed by atoms with Crippen molar-refractivity contribution in [2.24, 2.45) is 5.73 Å². The largest absolute Gasteiger partial charge is 0.508 e. The van der Waals surface area contributed by atoms with E-state index in [2.05, 4.69) is 5.10 Å². The number of aromatic nitrogens is 2. The van der Waals surface area contributed by atoms with Crippen molar-refractivity contribution in [3.63, 3.8) is 0 Å². The Morgan fingerprint density at radius 1 is 1.05 bits per heavy atom. The number of hydrogen-bond acceptors (Lipinski definition) is 4. The minimum atomic E-state index is -0.624. The smallest absolute Gasteiger partial charge is 0.267 e. The summed E-state index contributed by atoms with van der Waals surface area (Å²) in [5, 5.41) is 23.6. The maximum absolute atomic E-state index is 11.6. The molecule has 0 spiro atoms. The van der Waals surface area contributed by atoms with E-state index in [9.17, 15) is 15.0 Å². The number of phenolic OH excluding ortho intramolecular Hbond substituents is 2. The fourth-order valence-electron chi connectivity index (χ4n) is 2.19. The van der Waals surface area contributed by atoms with Crippen LogP contribution in [0.15, 0.2) is 54.6 Å². The number of carbonyl (C=O) groups is 1. The number of rotatable bonds is 3. The number of benzene rings is 2. The van der Waals surface area contributed by atoms with Crippen LogP contribution in [0.2, 0.25) is 0 Å². The van der Waals surface area contributed by atoms with Gasteiger partial charge in [0.15, 0.2) is 0 Å². The number of phenols is 2. The number of nitrogens with zero attached hydrogens (tertiary/aromatic N) is 2. The SMILES string of the molecule is NC(=O)c1cc(-c2ccc(O)cc2O)nn1-c1ccccc1. The van der Waals surface area contributed by atoms with Crippen molar-refractivity contribution in [3.05, 3.63) is 60.3 Å². The third-order valence-electron chi connectivity index (χ3n) is 3.22. The molecule has 3 aromatic rings. The molecule has 2 aromatic carbocycles. The Labute approximate surface area is 126 Å². The van der Waals surface area contributed by atoms with Gasteiger partial charge in [-0.15, -0.1) is 0 Å². The molecular weight excluding hydrogens is 282 g/mol. The van der Waals surface area contributed by atoms with Gasteiger partial charge in [-0.2, -0.15) is 5.10 Å². The molecule has 1 heterocycles. The summed E-state index contributed by atoms with van der Waals surface area (Å²) in [5.74, 6) is -0.812. The monoisotopic (exact) mass is 295 g/mol. The molecule has 0 unspecified atom stereocenters. The molecule has 4 N–H and O–H groups in total. The third-order valence-corrected chi connectivity index (χ3v) is 3.22. The molecule has 0 aliphatic carbocycles. The number of para-hydroxylation sites is 1. The molecule has 3 rings (SSSR count). The van der Waals surface area contributed by atoms with Crippen LogP contribution in [0.25, 0.3) is 16.9 Å². The van der Waals surface area contributed by atoms with Gasteiger partial charge in [-0.3, -0.25) is 4.79 Å². The highest BCUT2D eigenvalue weighted by atomic mass is 16.3. The van der Waals surface area contributed by atoms with Crippen molar-refractivity contribution >= 4 is 5.91 Å². The number of nitrogens with two attached hydrogens (primary N) is 1. The lowest BCUT2D eigenvalue weighted by molar-refractivity contribution is 0.0993. The molecular formula is C16H13N3O3. The van der Waals surface area contributed by atoms with E-state index in [1.165, 1.54) is 28.9 Å². The molecule has 0 bridgehead atoms. The number of primary amides is 1. The fraction of sp³-hybridized carbons (Fsp3) is 0. The summed E-state index contributed by atoms with van der Waals surface area (Å²) < 4.78 is 1.42. The van der Waals surface area contributed by atoms with Crippen LogP contribution in [0.3, 0.4) is 0 Å². The molecule has 0 aliphatic rings. The quantitative estimate of drug-likeness (QED) is 0.688. The van der Waals surface area contributed by atoms with E-state index in [0.29, 0.717) is 16.9 Å². The molecule has 0 aliphatic heterocycles. The van der Waals surface area contributed by atoms with Crippen molar-refractivity contribution in [2.45, 2.75) is 0 Å². The van der Waals surface area contributed by atoms with E-state index in [1.54, 1.807) is 12.1 Å². The second-order valence-electron chi connectivity index (χ2n) is 4.73. The van der Waals surface area contributed by atoms with E-state index in [4.69, 9.17) is 5.73 Å². The molecule has 110 valence electrons. The summed E-state index contributed by atoms with van der Waals surface area (Å²) in [4.78, 5) is 11.6. The summed E-state index contributed by atoms with van der Waals surface area (Å²) in [6.07, 6.45) is 0. The van der Waals surface area contributed by atoms with Crippen molar-refractivity contribution in [1.29, 1.82) is 0 Å². The molecule has 22 heavy (non-hydrogen) atoms. The lowest BCUT2D eigenvalue weighted by Gasteiger charge is -2.04. The zero-order valence-corrected chi connectivity index (χ0v) is 11.5. The number of aromatic hydroxyl groups is 2. The van der Waals surface area contributed by atoms with Crippen LogP contribution in [0.1, 0.15) is 10.5 Å². The third kappa shape index (κ3) is 2.37. The minimum absolute atomic E-state index is 0.0566. The van der Waals surface area contributed by atoms with Crippen LogP contribution in [0.4, 0.5) is 0 Å². The van der Waals surface area contributed by atoms with Crippen molar-refractivity contribution in [3.8, 4) is 28.4 Å². The predicted octanol–water partition coefficient (Wildman–Crippen LogP) is 2.05. The average molecular weight is 295 g/mol. The van der Waals surface area contributed by atoms with Crippen molar-refractivity contribution < 1.29 is 15.0 Å². The maximum Gasteiger partial charge on any atom is 0.267 e. The molecule has 1 amide bonds. The number of hydrogen-bond donors (Lipinski definition) is 3. The first kappa shape index (κ1) is 13.7. The van der Waals surface area contributed by atoms with Crippen LogP contribution < -0.4 is 5.73 Å². The Balaban J connectivity index is 2.17. The summed E-state index contributed by atoms with van der Waals surface area (Å²) >= 11 is 0. The van der Waals surface area contributed by atoms with Gasteiger partial charge in [0.25, 0.3) is 5.91 Å². The highest BCUT2D eigenvalue weighted by Gasteiger charge is 2.17. The van der Waals surface area contributed by atoms with Gasteiger partial charge < -0.3 is 15.9 Å². The topological polar surface area (TPSA) is 101 Å². The second kappa shape index (κ2) is 5.25. The van der Waals surface area contributed by atoms with E-state index < -0.39 is 5.91 Å². The molecule has 0 saturated carbocycles. The lowest BCUT2D eigenvalue weighted by Crippen LogP contribution is -2.16. The number of amides is 1. The minimum Gasteiger partial charge on any atom is -0.508 e. The summed E-state index contributed by atoms with van der Waals surface area (Å²) in [5.41, 5.74) is 7.07. The zero-order chi connectivity index (χ0) is 15.7. The van der Waals surface area contributed by atoms with Crippen LogP contribution in [0.5, 0.6) is 11.5 Å². The Kier molecular flexibility index (Phi) is 3.27. The highest BCUT2D eigenvalue weighted by Crippen LogP contribution is 2.32. The van der Waals surface area contributed by atoms with Gasteiger partial charge in [0.05, 0.1) is 11.4 Å². The van der Waals surface area contributed by atoms with Gasteiger partial charge in [-0.25, -0.2) is 4.68 Å². The van der Waals surface area contributed by atoms with Crippen LogP contribution in [-0.4, -0.2) is 25.9 Å². The van der Waals surface area contributed by atoms with Crippen LogP contribution >= 0.6 is 0 Å². The first-order valence-electron chi connectivity index (χ1n) is 6.54. The Morgan fingerprint density at radius 2 is 1.77 bits per heavy atom. The Hall–Kier alpha value is -3.28. The van der Waals surface area contributed by atoms with Gasteiger partial charge in [-0.05, 0) is 30.3 Å². The van der Waals surface area contributed by atoms with Gasteiger partial charge in [0.1, 0.15) is 17.2 Å². The van der Waals surface area contributed by atoms with Crippen molar-refractivity contribution in [1.82, 2.24) is 9.78 Å². The van der Waals surface area contributed by atoms with E-state index in [-0.39, 0.29) is 17.2 Å². The fourth-order valence-corrected chi connectivity index (χ4v) is 2.19. The summed E-state index contributed by atoms with van der Waals surface area (Å²) in [6.45, 7) is 0. The van der Waals surface area contributed by atoms with Crippen LogP contribution in [-0.2, 0) is 0 Å². The maximum atomic E-state index is 11.6. The Bertz CT molecular complexity index is 841. The molecule has 0 fully saturated rings. The van der Waals surface area contributed by atoms with Gasteiger partial charge in [0.2, 0.25) is 0 Å². The average Bonchev–Trinajstić information content (AvgIpc) is 2.93. The van der Waals surface area contributed by atoms with Gasteiger partial charge >= 0.3 is 0 Å². The normalized spacial score (nSPS) is 10.5. The molecule has 1 aromatic heterocycles. The second-order valence-corrected chi connectivity index (χ2v) is 4.73. The summed E-state index contributed by atoms with van der Waals surface area (Å²) in [7, 11) is 0. The number of carbonyl (C=O) groups excluding carboxylic acids is 1. The summed E-state index contributed by atoms with van der Waals surface area (Å²) in [6, 6.07) is 14.7. The van der Waals surface area contributed by atoms with Gasteiger partial charge in [0, 0.05) is 11.6 Å². The standard InChI is InChI=1S/C16H13N3O3/c17-16(22)14-9-13(12-7-6-11(20)8-15(12)21)18-19(14)10-4-2-1-3-5-10/h1-9,20-21H,(H2,17,22). The molecule has 0 saturated heterocycles. The molecule has 0 atom stereocenters. The lowest BCUT2D eigenvalue weighted by atomic mass is 10.1. The zero-order valence-electron chi connectivity index (χ0n) is 11.5. The van der Waals surface area contributed by atoms with Gasteiger partial charge in [-0.1, -0.05) is 18.2 Å². The van der Waals surface area contributed by atoms with Crippen molar-refractivity contribution in [2.75, 3.05) is 0 Å². The molecule has 6 nitrogen and oxygen atoms in total. The van der Waals surface area contributed by atoms with E-state index >= 15 is 0 Å².